The predicted octanol–water partition coefficient (Wildman–Crippen LogP) is 6.81. The number of hydrogen-bond donors (Lipinski definition) is 1. The van der Waals surface area contributed by atoms with Gasteiger partial charge in [0, 0.05) is 30.2 Å². The summed E-state index contributed by atoms with van der Waals surface area (Å²) in [5.41, 5.74) is 9.95. The second-order valence-electron chi connectivity index (χ2n) is 12.2. The fraction of sp³-hybridized carbons (Fsp3) is 0.368. The molecule has 8 heteroatoms. The van der Waals surface area contributed by atoms with E-state index in [9.17, 15) is 9.90 Å². The van der Waals surface area contributed by atoms with Crippen molar-refractivity contribution in [3.05, 3.63) is 82.9 Å². The van der Waals surface area contributed by atoms with Gasteiger partial charge in [-0.3, -0.25) is 14.7 Å². The van der Waals surface area contributed by atoms with E-state index in [0.29, 0.717) is 42.2 Å². The molecule has 0 spiro atoms. The Morgan fingerprint density at radius 2 is 1.43 bits per heavy atom. The number of aryl methyl sites for hydroxylation is 1. The zero-order valence-electron chi connectivity index (χ0n) is 27.3. The first kappa shape index (κ1) is 31.4. The molecule has 0 bridgehead atoms. The standard InChI is InChI=1S/C38H42N4O4/c1-23-28(10-7-12-30(23)33-19-17-27(37(40-33)45-4)16-15-26-9-6-14-35(26)44)29-11-8-13-31(24(29)2)34-20-18-32(38(41-34)46-5)36-39-21-22-42(36)25(3)43/h7-8,10-13,17-20,26,35,44H,6,9,14-16,21-22H2,1-5H3/t26-,35-/m0/s1. The van der Waals surface area contributed by atoms with E-state index in [-0.39, 0.29) is 12.0 Å². The van der Waals surface area contributed by atoms with Gasteiger partial charge in [0.15, 0.2) is 0 Å². The number of aliphatic imine (C=N–C) groups is 1. The van der Waals surface area contributed by atoms with Crippen LogP contribution in [0.4, 0.5) is 0 Å². The summed E-state index contributed by atoms with van der Waals surface area (Å²) in [6.07, 6.45) is 4.70. The minimum Gasteiger partial charge on any atom is -0.481 e. The third kappa shape index (κ3) is 6.01. The average molecular weight is 619 g/mol. The number of methoxy groups -OCH3 is 2. The summed E-state index contributed by atoms with van der Waals surface area (Å²) < 4.78 is 11.4. The normalized spacial score (nSPS) is 17.7. The van der Waals surface area contributed by atoms with Crippen molar-refractivity contribution < 1.29 is 19.4 Å². The topological polar surface area (TPSA) is 97.1 Å². The largest absolute Gasteiger partial charge is 0.481 e. The molecule has 2 aromatic carbocycles. The van der Waals surface area contributed by atoms with Gasteiger partial charge in [0.25, 0.3) is 0 Å². The zero-order chi connectivity index (χ0) is 32.4. The number of rotatable bonds is 9. The van der Waals surface area contributed by atoms with Gasteiger partial charge < -0.3 is 14.6 Å². The maximum absolute atomic E-state index is 12.2. The van der Waals surface area contributed by atoms with Gasteiger partial charge >= 0.3 is 0 Å². The number of ether oxygens (including phenoxy) is 2. The van der Waals surface area contributed by atoms with Crippen molar-refractivity contribution in [2.24, 2.45) is 10.9 Å². The quantitative estimate of drug-likeness (QED) is 0.221. The van der Waals surface area contributed by atoms with Crippen molar-refractivity contribution in [3.8, 4) is 45.4 Å². The summed E-state index contributed by atoms with van der Waals surface area (Å²) in [4.78, 5) is 28.2. The molecular weight excluding hydrogens is 576 g/mol. The van der Waals surface area contributed by atoms with Crippen molar-refractivity contribution in [1.29, 1.82) is 0 Å². The van der Waals surface area contributed by atoms with Crippen molar-refractivity contribution >= 4 is 11.7 Å². The Labute approximate surface area is 271 Å². The Kier molecular flexibility index (Phi) is 9.17. The summed E-state index contributed by atoms with van der Waals surface area (Å²) in [5.74, 6) is 2.00. The zero-order valence-corrected chi connectivity index (χ0v) is 27.3. The molecule has 1 N–H and O–H groups in total. The molecule has 8 nitrogen and oxygen atoms in total. The Morgan fingerprint density at radius 1 is 0.826 bits per heavy atom. The molecule has 0 saturated heterocycles. The molecule has 0 unspecified atom stereocenters. The van der Waals surface area contributed by atoms with E-state index < -0.39 is 0 Å². The van der Waals surface area contributed by atoms with Crippen LogP contribution < -0.4 is 9.47 Å². The number of aliphatic hydroxyl groups excluding tert-OH is 1. The Bertz CT molecular complexity index is 1800. The maximum Gasteiger partial charge on any atom is 0.225 e. The molecule has 2 aliphatic rings. The van der Waals surface area contributed by atoms with Crippen LogP contribution >= 0.6 is 0 Å². The van der Waals surface area contributed by atoms with Gasteiger partial charge in [-0.1, -0.05) is 48.9 Å². The molecule has 6 rings (SSSR count). The van der Waals surface area contributed by atoms with Crippen LogP contribution in [-0.2, 0) is 11.2 Å². The highest BCUT2D eigenvalue weighted by molar-refractivity contribution is 6.09. The van der Waals surface area contributed by atoms with Crippen LogP contribution in [0.2, 0.25) is 0 Å². The van der Waals surface area contributed by atoms with Crippen molar-refractivity contribution in [2.75, 3.05) is 27.3 Å². The smallest absolute Gasteiger partial charge is 0.225 e. The molecule has 1 aliphatic heterocycles. The fourth-order valence-corrected chi connectivity index (χ4v) is 6.99. The van der Waals surface area contributed by atoms with Crippen LogP contribution in [0, 0.1) is 19.8 Å². The fourth-order valence-electron chi connectivity index (χ4n) is 6.99. The van der Waals surface area contributed by atoms with Crippen molar-refractivity contribution in [2.45, 2.75) is 59.0 Å². The Balaban J connectivity index is 1.31. The highest BCUT2D eigenvalue weighted by atomic mass is 16.5. The second-order valence-corrected chi connectivity index (χ2v) is 12.2. The van der Waals surface area contributed by atoms with Crippen LogP contribution in [0.5, 0.6) is 11.8 Å². The van der Waals surface area contributed by atoms with Gasteiger partial charge in [-0.2, -0.15) is 0 Å². The highest BCUT2D eigenvalue weighted by Gasteiger charge is 2.27. The van der Waals surface area contributed by atoms with Crippen molar-refractivity contribution in [3.63, 3.8) is 0 Å². The van der Waals surface area contributed by atoms with Crippen LogP contribution in [0.15, 0.2) is 65.7 Å². The van der Waals surface area contributed by atoms with E-state index in [1.807, 2.05) is 12.1 Å². The lowest BCUT2D eigenvalue weighted by atomic mass is 9.89. The number of aromatic nitrogens is 2. The molecule has 1 saturated carbocycles. The van der Waals surface area contributed by atoms with E-state index in [1.165, 1.54) is 0 Å². The first-order valence-corrected chi connectivity index (χ1v) is 16.1. The maximum atomic E-state index is 12.2. The molecule has 1 aliphatic carbocycles. The minimum absolute atomic E-state index is 0.0480. The van der Waals surface area contributed by atoms with Crippen LogP contribution in [0.1, 0.15) is 54.9 Å². The number of amidine groups is 1. The highest BCUT2D eigenvalue weighted by Crippen LogP contribution is 2.38. The van der Waals surface area contributed by atoms with Gasteiger partial charge in [-0.05, 0) is 85.9 Å². The summed E-state index contributed by atoms with van der Waals surface area (Å²) in [6.45, 7) is 6.94. The lowest BCUT2D eigenvalue weighted by molar-refractivity contribution is -0.124. The summed E-state index contributed by atoms with van der Waals surface area (Å²) in [7, 11) is 3.27. The molecule has 2 aromatic heterocycles. The van der Waals surface area contributed by atoms with E-state index >= 15 is 0 Å². The SMILES string of the molecule is COc1nc(-c2cccc(-c3cccc(-c4ccc(C5=NCCN5C(C)=O)c(OC)n4)c3C)c2C)ccc1CC[C@@H]1CCC[C@@H]1O. The molecule has 1 amide bonds. The third-order valence-electron chi connectivity index (χ3n) is 9.56. The van der Waals surface area contributed by atoms with E-state index in [0.717, 1.165) is 82.4 Å². The monoisotopic (exact) mass is 618 g/mol. The van der Waals surface area contributed by atoms with Gasteiger partial charge in [0.1, 0.15) is 5.84 Å². The first-order valence-electron chi connectivity index (χ1n) is 16.1. The van der Waals surface area contributed by atoms with E-state index in [2.05, 4.69) is 67.4 Å². The summed E-state index contributed by atoms with van der Waals surface area (Å²) in [5, 5.41) is 10.3. The number of benzene rings is 2. The number of aliphatic hydroxyl groups is 1. The van der Waals surface area contributed by atoms with Crippen LogP contribution in [0.25, 0.3) is 33.6 Å². The Morgan fingerprint density at radius 3 is 2.02 bits per heavy atom. The number of hydrogen-bond acceptors (Lipinski definition) is 7. The van der Waals surface area contributed by atoms with Gasteiger partial charge in [-0.15, -0.1) is 0 Å². The predicted molar refractivity (Wildman–Crippen MR) is 181 cm³/mol. The summed E-state index contributed by atoms with van der Waals surface area (Å²) in [6, 6.07) is 20.7. The molecule has 1 fully saturated rings. The van der Waals surface area contributed by atoms with E-state index in [4.69, 9.17) is 19.4 Å². The second kappa shape index (κ2) is 13.4. The van der Waals surface area contributed by atoms with Gasteiger partial charge in [0.2, 0.25) is 17.7 Å². The number of nitrogens with zero attached hydrogens (tertiary/aromatic N) is 4. The number of carbonyl (C=O) groups is 1. The van der Waals surface area contributed by atoms with E-state index in [1.54, 1.807) is 26.0 Å². The summed E-state index contributed by atoms with van der Waals surface area (Å²) >= 11 is 0. The number of carbonyl (C=O) groups excluding carboxylic acids is 1. The van der Waals surface area contributed by atoms with Crippen LogP contribution in [-0.4, -0.2) is 65.1 Å². The third-order valence-corrected chi connectivity index (χ3v) is 9.56. The lowest BCUT2D eigenvalue weighted by Crippen LogP contribution is -2.33. The molecule has 46 heavy (non-hydrogen) atoms. The van der Waals surface area contributed by atoms with Gasteiger partial charge in [0.05, 0.1) is 43.8 Å². The number of pyridine rings is 2. The number of amides is 1. The van der Waals surface area contributed by atoms with Gasteiger partial charge in [-0.25, -0.2) is 9.97 Å². The molecular formula is C38H42N4O4. The van der Waals surface area contributed by atoms with Crippen LogP contribution in [0.3, 0.4) is 0 Å². The molecule has 3 heterocycles. The molecule has 2 atom stereocenters. The first-order chi connectivity index (χ1) is 22.3. The molecule has 4 aromatic rings. The minimum atomic E-state index is -0.187. The lowest BCUT2D eigenvalue weighted by Gasteiger charge is -2.19. The average Bonchev–Trinajstić information content (AvgIpc) is 3.73. The molecule has 238 valence electrons. The molecule has 0 radical (unpaired) electrons. The Hall–Kier alpha value is -4.56. The van der Waals surface area contributed by atoms with Crippen molar-refractivity contribution in [1.82, 2.24) is 14.9 Å².